The lowest BCUT2D eigenvalue weighted by molar-refractivity contribution is -0.302. The zero-order valence-corrected chi connectivity index (χ0v) is 38.5. The highest BCUT2D eigenvalue weighted by Crippen LogP contribution is 2.23. The molecule has 1 rings (SSSR count). The molecule has 350 valence electrons. The standard InChI is InChI=1S/C50H97NO8/c1-3-5-7-9-11-13-15-17-18-19-20-21-22-23-24-25-26-28-30-32-34-36-38-40-46(54)51-43(42-58-50-49(57)48(56)47(55)45(41-52)59-50)44(53)39-37-35-33-31-29-27-16-14-12-10-8-6-4-2/h37,39,43-45,47-50,52-53,55-57H,3-36,38,40-42H2,1-2H3,(H,51,54)/b39-37+/t43-,44+,45+,47-,48-,49+,50+/m0/s1. The fraction of sp³-hybridized carbons (Fsp3) is 0.940. The molecule has 0 aromatic heterocycles. The molecule has 0 aromatic rings. The van der Waals surface area contributed by atoms with Gasteiger partial charge in [-0.05, 0) is 19.3 Å². The molecule has 59 heavy (non-hydrogen) atoms. The van der Waals surface area contributed by atoms with E-state index in [1.54, 1.807) is 6.08 Å². The third-order valence-corrected chi connectivity index (χ3v) is 12.4. The average Bonchev–Trinajstić information content (AvgIpc) is 3.23. The van der Waals surface area contributed by atoms with E-state index in [1.165, 1.54) is 186 Å². The van der Waals surface area contributed by atoms with Crippen LogP contribution in [0.4, 0.5) is 0 Å². The largest absolute Gasteiger partial charge is 0.394 e. The predicted molar refractivity (Wildman–Crippen MR) is 244 cm³/mol. The molecule has 0 unspecified atom stereocenters. The summed E-state index contributed by atoms with van der Waals surface area (Å²) in [7, 11) is 0. The van der Waals surface area contributed by atoms with Gasteiger partial charge in [-0.25, -0.2) is 0 Å². The van der Waals surface area contributed by atoms with Crippen LogP contribution in [0.2, 0.25) is 0 Å². The fourth-order valence-corrected chi connectivity index (χ4v) is 8.28. The summed E-state index contributed by atoms with van der Waals surface area (Å²) in [4.78, 5) is 13.0. The zero-order chi connectivity index (χ0) is 43.0. The summed E-state index contributed by atoms with van der Waals surface area (Å²) < 4.78 is 11.2. The summed E-state index contributed by atoms with van der Waals surface area (Å²) in [5.41, 5.74) is 0. The molecule has 1 fully saturated rings. The van der Waals surface area contributed by atoms with Gasteiger partial charge in [0, 0.05) is 6.42 Å². The summed E-state index contributed by atoms with van der Waals surface area (Å²) in [5, 5.41) is 54.3. The highest BCUT2D eigenvalue weighted by molar-refractivity contribution is 5.76. The van der Waals surface area contributed by atoms with Crippen molar-refractivity contribution >= 4 is 5.91 Å². The number of hydrogen-bond acceptors (Lipinski definition) is 8. The molecule has 1 saturated heterocycles. The molecule has 7 atom stereocenters. The number of allylic oxidation sites excluding steroid dienone is 1. The molecular formula is C50H97NO8. The molecule has 1 heterocycles. The first-order valence-corrected chi connectivity index (χ1v) is 25.4. The van der Waals surface area contributed by atoms with Gasteiger partial charge in [-0.3, -0.25) is 4.79 Å². The van der Waals surface area contributed by atoms with E-state index >= 15 is 0 Å². The molecular weight excluding hydrogens is 743 g/mol. The second kappa shape index (κ2) is 41.0. The van der Waals surface area contributed by atoms with Gasteiger partial charge in [-0.15, -0.1) is 0 Å². The Hall–Kier alpha value is -1.07. The van der Waals surface area contributed by atoms with Gasteiger partial charge in [0.05, 0.1) is 25.4 Å². The van der Waals surface area contributed by atoms with Gasteiger partial charge in [-0.1, -0.05) is 231 Å². The van der Waals surface area contributed by atoms with Crippen LogP contribution in [0.3, 0.4) is 0 Å². The van der Waals surface area contributed by atoms with Crippen molar-refractivity contribution < 1.29 is 39.8 Å². The number of hydrogen-bond donors (Lipinski definition) is 6. The van der Waals surface area contributed by atoms with Gasteiger partial charge in [0.25, 0.3) is 0 Å². The van der Waals surface area contributed by atoms with Gasteiger partial charge >= 0.3 is 0 Å². The van der Waals surface area contributed by atoms with Crippen molar-refractivity contribution in [1.29, 1.82) is 0 Å². The minimum atomic E-state index is -1.56. The zero-order valence-electron chi connectivity index (χ0n) is 38.5. The van der Waals surface area contributed by atoms with Crippen molar-refractivity contribution in [3.8, 4) is 0 Å². The van der Waals surface area contributed by atoms with Gasteiger partial charge < -0.3 is 40.3 Å². The Morgan fingerprint density at radius 3 is 1.32 bits per heavy atom. The molecule has 9 nitrogen and oxygen atoms in total. The van der Waals surface area contributed by atoms with Crippen LogP contribution in [0.15, 0.2) is 12.2 Å². The normalized spacial score (nSPS) is 20.7. The van der Waals surface area contributed by atoms with Crippen molar-refractivity contribution in [2.75, 3.05) is 13.2 Å². The van der Waals surface area contributed by atoms with Crippen LogP contribution < -0.4 is 5.32 Å². The maximum absolute atomic E-state index is 13.0. The van der Waals surface area contributed by atoms with Crippen LogP contribution in [-0.2, 0) is 14.3 Å². The van der Waals surface area contributed by atoms with E-state index < -0.39 is 49.5 Å². The molecule has 6 N–H and O–H groups in total. The Bertz CT molecular complexity index is 935. The summed E-state index contributed by atoms with van der Waals surface area (Å²) in [6, 6.07) is -0.798. The summed E-state index contributed by atoms with van der Waals surface area (Å²) in [5.74, 6) is -0.172. The summed E-state index contributed by atoms with van der Waals surface area (Å²) in [6.45, 7) is 3.79. The van der Waals surface area contributed by atoms with Gasteiger partial charge in [0.15, 0.2) is 6.29 Å². The molecule has 1 aliphatic rings. The number of unbranched alkanes of at least 4 members (excludes halogenated alkanes) is 33. The van der Waals surface area contributed by atoms with E-state index in [0.29, 0.717) is 6.42 Å². The van der Waals surface area contributed by atoms with Gasteiger partial charge in [0.1, 0.15) is 24.4 Å². The van der Waals surface area contributed by atoms with Gasteiger partial charge in [-0.2, -0.15) is 0 Å². The van der Waals surface area contributed by atoms with E-state index in [4.69, 9.17) is 9.47 Å². The number of carbonyl (C=O) groups is 1. The minimum Gasteiger partial charge on any atom is -0.394 e. The number of ether oxygens (including phenoxy) is 2. The van der Waals surface area contributed by atoms with E-state index in [1.807, 2.05) is 6.08 Å². The summed E-state index contributed by atoms with van der Waals surface area (Å²) >= 11 is 0. The van der Waals surface area contributed by atoms with Crippen LogP contribution in [0.25, 0.3) is 0 Å². The first-order chi connectivity index (χ1) is 28.8. The Kier molecular flexibility index (Phi) is 38.9. The van der Waals surface area contributed by atoms with Crippen LogP contribution in [0.5, 0.6) is 0 Å². The van der Waals surface area contributed by atoms with E-state index in [0.717, 1.165) is 38.5 Å². The number of aliphatic hydroxyl groups excluding tert-OH is 5. The van der Waals surface area contributed by atoms with Crippen molar-refractivity contribution in [2.45, 2.75) is 288 Å². The number of carbonyl (C=O) groups excluding carboxylic acids is 1. The van der Waals surface area contributed by atoms with E-state index in [-0.39, 0.29) is 12.5 Å². The van der Waals surface area contributed by atoms with Crippen molar-refractivity contribution in [2.24, 2.45) is 0 Å². The minimum absolute atomic E-state index is 0.172. The third-order valence-electron chi connectivity index (χ3n) is 12.4. The highest BCUT2D eigenvalue weighted by Gasteiger charge is 2.44. The first kappa shape index (κ1) is 55.9. The molecule has 0 saturated carbocycles. The maximum Gasteiger partial charge on any atom is 0.220 e. The molecule has 0 aromatic carbocycles. The summed E-state index contributed by atoms with van der Waals surface area (Å²) in [6.07, 6.45) is 41.2. The second-order valence-electron chi connectivity index (χ2n) is 18.0. The smallest absolute Gasteiger partial charge is 0.220 e. The Morgan fingerprint density at radius 1 is 0.559 bits per heavy atom. The Morgan fingerprint density at radius 2 is 0.932 bits per heavy atom. The third kappa shape index (κ3) is 31.4. The molecule has 1 amide bonds. The van der Waals surface area contributed by atoms with Crippen molar-refractivity contribution in [3.05, 3.63) is 12.2 Å². The van der Waals surface area contributed by atoms with Crippen molar-refractivity contribution in [3.63, 3.8) is 0 Å². The lowest BCUT2D eigenvalue weighted by Crippen LogP contribution is -2.60. The lowest BCUT2D eigenvalue weighted by atomic mass is 9.99. The monoisotopic (exact) mass is 840 g/mol. The lowest BCUT2D eigenvalue weighted by Gasteiger charge is -2.40. The fourth-order valence-electron chi connectivity index (χ4n) is 8.28. The topological polar surface area (TPSA) is 149 Å². The highest BCUT2D eigenvalue weighted by atomic mass is 16.7. The number of nitrogens with one attached hydrogen (secondary N) is 1. The molecule has 0 bridgehead atoms. The number of amides is 1. The van der Waals surface area contributed by atoms with Gasteiger partial charge in [0.2, 0.25) is 5.91 Å². The quantitative estimate of drug-likeness (QED) is 0.0263. The Labute approximate surface area is 363 Å². The molecule has 0 aliphatic carbocycles. The average molecular weight is 840 g/mol. The maximum atomic E-state index is 13.0. The van der Waals surface area contributed by atoms with Crippen LogP contribution in [-0.4, -0.2) is 87.5 Å². The molecule has 0 radical (unpaired) electrons. The van der Waals surface area contributed by atoms with Crippen LogP contribution in [0.1, 0.15) is 245 Å². The second-order valence-corrected chi connectivity index (χ2v) is 18.0. The molecule has 1 aliphatic heterocycles. The van der Waals surface area contributed by atoms with E-state index in [9.17, 15) is 30.3 Å². The number of aliphatic hydroxyl groups is 5. The first-order valence-electron chi connectivity index (χ1n) is 25.4. The van der Waals surface area contributed by atoms with E-state index in [2.05, 4.69) is 19.2 Å². The molecule has 0 spiro atoms. The van der Waals surface area contributed by atoms with Crippen LogP contribution in [0, 0.1) is 0 Å². The SMILES string of the molecule is CCCCCCCCCCCCC/C=C/[C@@H](O)[C@H](CO[C@@H]1O[C@H](CO)[C@H](O)[C@H](O)[C@H]1O)NC(=O)CCCCCCCCCCCCCCCCCCCCCCCCC. The Balaban J connectivity index is 2.24. The predicted octanol–water partition coefficient (Wildman–Crippen LogP) is 11.3. The molecule has 9 heteroatoms. The number of rotatable bonds is 43. The van der Waals surface area contributed by atoms with Crippen molar-refractivity contribution in [1.82, 2.24) is 5.32 Å². The van der Waals surface area contributed by atoms with Crippen LogP contribution >= 0.6 is 0 Å².